The Balaban J connectivity index is 2.09. The molecule has 1 aliphatic heterocycles. The largest absolute Gasteiger partial charge is 0.381 e. The Morgan fingerprint density at radius 1 is 1.36 bits per heavy atom. The smallest absolute Gasteiger partial charge is 0.160 e. The van der Waals surface area contributed by atoms with Crippen molar-refractivity contribution in [2.24, 2.45) is 0 Å². The molecule has 0 saturated carbocycles. The number of hydrogen-bond donors (Lipinski definition) is 1. The SMILES string of the molecule is CCc1nc2c(cnn2CC)c(NC2CCOCC2)c1CCl. The van der Waals surface area contributed by atoms with E-state index in [1.807, 2.05) is 10.9 Å². The summed E-state index contributed by atoms with van der Waals surface area (Å²) in [6.45, 7) is 6.65. The van der Waals surface area contributed by atoms with E-state index in [1.165, 1.54) is 0 Å². The summed E-state index contributed by atoms with van der Waals surface area (Å²) in [6.07, 6.45) is 4.82. The maximum absolute atomic E-state index is 6.24. The molecular weight excluding hydrogens is 300 g/mol. The third-order valence-electron chi connectivity index (χ3n) is 4.31. The number of pyridine rings is 1. The molecule has 1 N–H and O–H groups in total. The summed E-state index contributed by atoms with van der Waals surface area (Å²) in [5.74, 6) is 0.467. The zero-order valence-electron chi connectivity index (χ0n) is 13.2. The fourth-order valence-electron chi connectivity index (χ4n) is 3.05. The summed E-state index contributed by atoms with van der Waals surface area (Å²) in [5, 5.41) is 9.23. The molecule has 1 fully saturated rings. The third kappa shape index (κ3) is 2.79. The van der Waals surface area contributed by atoms with Gasteiger partial charge in [0.25, 0.3) is 0 Å². The Kier molecular flexibility index (Phi) is 4.84. The topological polar surface area (TPSA) is 52.0 Å². The molecule has 0 atom stereocenters. The van der Waals surface area contributed by atoms with Gasteiger partial charge >= 0.3 is 0 Å². The van der Waals surface area contributed by atoms with E-state index < -0.39 is 0 Å². The van der Waals surface area contributed by atoms with Crippen molar-refractivity contribution >= 4 is 28.3 Å². The van der Waals surface area contributed by atoms with E-state index in [4.69, 9.17) is 21.3 Å². The maximum Gasteiger partial charge on any atom is 0.160 e. The van der Waals surface area contributed by atoms with Gasteiger partial charge in [-0.25, -0.2) is 9.67 Å². The second-order valence-electron chi connectivity index (χ2n) is 5.63. The number of ether oxygens (including phenoxy) is 1. The predicted octanol–water partition coefficient (Wildman–Crippen LogP) is 3.34. The van der Waals surface area contributed by atoms with Crippen molar-refractivity contribution in [3.05, 3.63) is 17.5 Å². The van der Waals surface area contributed by atoms with E-state index in [-0.39, 0.29) is 0 Å². The number of aromatic nitrogens is 3. The fraction of sp³-hybridized carbons (Fsp3) is 0.625. The number of hydrogen-bond acceptors (Lipinski definition) is 4. The van der Waals surface area contributed by atoms with Crippen LogP contribution >= 0.6 is 11.6 Å². The Bertz CT molecular complexity index is 649. The molecule has 0 radical (unpaired) electrons. The predicted molar refractivity (Wildman–Crippen MR) is 89.6 cm³/mol. The number of nitrogens with one attached hydrogen (secondary N) is 1. The lowest BCUT2D eigenvalue weighted by atomic mass is 10.0. The first kappa shape index (κ1) is 15.6. The molecule has 0 aromatic carbocycles. The van der Waals surface area contributed by atoms with Crippen molar-refractivity contribution in [1.29, 1.82) is 0 Å². The monoisotopic (exact) mass is 322 g/mol. The first-order valence-corrected chi connectivity index (χ1v) is 8.59. The van der Waals surface area contributed by atoms with Crippen LogP contribution < -0.4 is 5.32 Å². The van der Waals surface area contributed by atoms with Gasteiger partial charge in [-0.05, 0) is 26.2 Å². The van der Waals surface area contributed by atoms with Gasteiger partial charge in [0.1, 0.15) is 0 Å². The minimum atomic E-state index is 0.427. The van der Waals surface area contributed by atoms with Crippen LogP contribution in [0, 0.1) is 0 Å². The van der Waals surface area contributed by atoms with Crippen LogP contribution in [0.4, 0.5) is 5.69 Å². The molecule has 0 spiro atoms. The standard InChI is InChI=1S/C16H23ClN4O/c1-3-14-12(9-17)15(19-11-5-7-22-8-6-11)13-10-18-21(4-2)16(13)20-14/h10-11H,3-9H2,1-2H3,(H,19,20). The second-order valence-corrected chi connectivity index (χ2v) is 5.90. The molecule has 1 saturated heterocycles. The van der Waals surface area contributed by atoms with Crippen molar-refractivity contribution in [2.45, 2.75) is 51.6 Å². The summed E-state index contributed by atoms with van der Waals surface area (Å²) in [7, 11) is 0. The van der Waals surface area contributed by atoms with E-state index in [1.54, 1.807) is 0 Å². The summed E-state index contributed by atoms with van der Waals surface area (Å²) in [5.41, 5.74) is 4.23. The van der Waals surface area contributed by atoms with Gasteiger partial charge in [-0.3, -0.25) is 0 Å². The van der Waals surface area contributed by atoms with E-state index >= 15 is 0 Å². The van der Waals surface area contributed by atoms with Crippen molar-refractivity contribution in [2.75, 3.05) is 18.5 Å². The number of aryl methyl sites for hydroxylation is 2. The molecule has 0 bridgehead atoms. The average Bonchev–Trinajstić information content (AvgIpc) is 2.98. The summed E-state index contributed by atoms with van der Waals surface area (Å²) in [6, 6.07) is 0.427. The number of nitrogens with zero attached hydrogens (tertiary/aromatic N) is 3. The quantitative estimate of drug-likeness (QED) is 0.858. The zero-order chi connectivity index (χ0) is 15.5. The zero-order valence-corrected chi connectivity index (χ0v) is 14.0. The Morgan fingerprint density at radius 3 is 2.77 bits per heavy atom. The molecule has 5 nitrogen and oxygen atoms in total. The van der Waals surface area contributed by atoms with Crippen LogP contribution in [0.2, 0.25) is 0 Å². The molecule has 3 rings (SSSR count). The second kappa shape index (κ2) is 6.84. The minimum Gasteiger partial charge on any atom is -0.381 e. The lowest BCUT2D eigenvalue weighted by Gasteiger charge is -2.26. The van der Waals surface area contributed by atoms with Crippen molar-refractivity contribution < 1.29 is 4.74 Å². The Labute approximate surface area is 136 Å². The van der Waals surface area contributed by atoms with Crippen LogP contribution in [-0.4, -0.2) is 34.0 Å². The molecule has 6 heteroatoms. The first-order valence-electron chi connectivity index (χ1n) is 8.06. The molecule has 2 aromatic rings. The number of halogens is 1. The van der Waals surface area contributed by atoms with Gasteiger partial charge in [0.2, 0.25) is 0 Å². The lowest BCUT2D eigenvalue weighted by molar-refractivity contribution is 0.0904. The van der Waals surface area contributed by atoms with Crippen molar-refractivity contribution in [1.82, 2.24) is 14.8 Å². The van der Waals surface area contributed by atoms with E-state index in [9.17, 15) is 0 Å². The number of fused-ring (bicyclic) bond motifs is 1. The highest BCUT2D eigenvalue weighted by atomic mass is 35.5. The molecular formula is C16H23ClN4O. The van der Waals surface area contributed by atoms with Gasteiger partial charge < -0.3 is 10.1 Å². The highest BCUT2D eigenvalue weighted by Crippen LogP contribution is 2.32. The van der Waals surface area contributed by atoms with Crippen molar-refractivity contribution in [3.8, 4) is 0 Å². The first-order chi connectivity index (χ1) is 10.8. The summed E-state index contributed by atoms with van der Waals surface area (Å²) >= 11 is 6.24. The molecule has 1 aliphatic rings. The Morgan fingerprint density at radius 2 is 2.14 bits per heavy atom. The van der Waals surface area contributed by atoms with Crippen LogP contribution in [0.25, 0.3) is 11.0 Å². The molecule has 3 heterocycles. The maximum atomic E-state index is 6.24. The van der Waals surface area contributed by atoms with Crippen LogP contribution in [0.5, 0.6) is 0 Å². The van der Waals surface area contributed by atoms with E-state index in [2.05, 4.69) is 24.3 Å². The van der Waals surface area contributed by atoms with Crippen LogP contribution in [0.1, 0.15) is 37.9 Å². The molecule has 0 amide bonds. The van der Waals surface area contributed by atoms with Gasteiger partial charge in [0, 0.05) is 37.1 Å². The molecule has 2 aromatic heterocycles. The van der Waals surface area contributed by atoms with Crippen LogP contribution in [0.3, 0.4) is 0 Å². The Hall–Kier alpha value is -1.33. The molecule has 0 unspecified atom stereocenters. The molecule has 0 aliphatic carbocycles. The van der Waals surface area contributed by atoms with Gasteiger partial charge in [0.15, 0.2) is 5.65 Å². The summed E-state index contributed by atoms with van der Waals surface area (Å²) < 4.78 is 7.40. The van der Waals surface area contributed by atoms with Crippen LogP contribution in [0.15, 0.2) is 6.20 Å². The van der Waals surface area contributed by atoms with Gasteiger partial charge in [-0.2, -0.15) is 5.10 Å². The number of anilines is 1. The van der Waals surface area contributed by atoms with Crippen molar-refractivity contribution in [3.63, 3.8) is 0 Å². The molecule has 120 valence electrons. The average molecular weight is 323 g/mol. The van der Waals surface area contributed by atoms with Gasteiger partial charge in [-0.1, -0.05) is 6.92 Å². The fourth-order valence-corrected chi connectivity index (χ4v) is 3.34. The lowest BCUT2D eigenvalue weighted by Crippen LogP contribution is -2.28. The van der Waals surface area contributed by atoms with E-state index in [0.29, 0.717) is 11.9 Å². The summed E-state index contributed by atoms with van der Waals surface area (Å²) in [4.78, 5) is 4.80. The highest BCUT2D eigenvalue weighted by Gasteiger charge is 2.20. The highest BCUT2D eigenvalue weighted by molar-refractivity contribution is 6.18. The third-order valence-corrected chi connectivity index (χ3v) is 4.58. The van der Waals surface area contributed by atoms with E-state index in [0.717, 1.165) is 67.0 Å². The van der Waals surface area contributed by atoms with Gasteiger partial charge in [0.05, 0.1) is 23.2 Å². The molecule has 22 heavy (non-hydrogen) atoms. The van der Waals surface area contributed by atoms with Crippen LogP contribution in [-0.2, 0) is 23.6 Å². The number of rotatable bonds is 5. The van der Waals surface area contributed by atoms with Gasteiger partial charge in [-0.15, -0.1) is 11.6 Å². The normalized spacial score (nSPS) is 16.3. The number of alkyl halides is 1. The minimum absolute atomic E-state index is 0.427.